The van der Waals surface area contributed by atoms with Gasteiger partial charge in [0.05, 0.1) is 5.56 Å². The zero-order chi connectivity index (χ0) is 25.5. The van der Waals surface area contributed by atoms with Gasteiger partial charge in [-0.1, -0.05) is 62.4 Å². The van der Waals surface area contributed by atoms with Crippen molar-refractivity contribution in [3.8, 4) is 0 Å². The summed E-state index contributed by atoms with van der Waals surface area (Å²) < 4.78 is 5.85. The molecule has 2 atom stereocenters. The topological polar surface area (TPSA) is 26.3 Å². The summed E-state index contributed by atoms with van der Waals surface area (Å²) in [6.07, 6.45) is 0.732. The van der Waals surface area contributed by atoms with Crippen molar-refractivity contribution in [2.24, 2.45) is 0 Å². The molecular formula is C35H30O2. The lowest BCUT2D eigenvalue weighted by atomic mass is 9.96. The Balaban J connectivity index is 1.30. The minimum absolute atomic E-state index is 0.291. The molecular weight excluding hydrogens is 452 g/mol. The van der Waals surface area contributed by atoms with Gasteiger partial charge >= 0.3 is 5.97 Å². The molecule has 0 aliphatic rings. The summed E-state index contributed by atoms with van der Waals surface area (Å²) in [5.41, 5.74) is 2.82. The molecule has 0 aliphatic heterocycles. The Labute approximate surface area is 217 Å². The highest BCUT2D eigenvalue weighted by molar-refractivity contribution is 6.08. The van der Waals surface area contributed by atoms with Crippen LogP contribution in [-0.4, -0.2) is 5.97 Å². The number of rotatable bonds is 5. The first-order valence-electron chi connectivity index (χ1n) is 13.1. The van der Waals surface area contributed by atoms with Gasteiger partial charge < -0.3 is 4.74 Å². The van der Waals surface area contributed by atoms with Crippen molar-refractivity contribution in [1.29, 1.82) is 0 Å². The second-order valence-corrected chi connectivity index (χ2v) is 10.2. The fourth-order valence-corrected chi connectivity index (χ4v) is 5.19. The fourth-order valence-electron chi connectivity index (χ4n) is 5.19. The minimum atomic E-state index is -0.343. The predicted octanol–water partition coefficient (Wildman–Crippen LogP) is 9.73. The van der Waals surface area contributed by atoms with Gasteiger partial charge in [0.15, 0.2) is 0 Å². The van der Waals surface area contributed by atoms with Gasteiger partial charge in [0.25, 0.3) is 0 Å². The van der Waals surface area contributed by atoms with Gasteiger partial charge in [-0.25, -0.2) is 4.79 Å². The third kappa shape index (κ3) is 4.44. The predicted molar refractivity (Wildman–Crippen MR) is 155 cm³/mol. The molecule has 0 aliphatic carbocycles. The standard InChI is InChI=1S/C35H30O2/c1-4-22(2)24-9-11-25(12-10-24)35(36)37-23(3)26-13-14-29-18-33-20-31-16-27-7-5-6-8-28(27)17-32(31)21-34(33)19-30(29)15-26/h5-23H,4H2,1-3H3. The average Bonchev–Trinajstić information content (AvgIpc) is 2.93. The van der Waals surface area contributed by atoms with E-state index < -0.39 is 0 Å². The van der Waals surface area contributed by atoms with Crippen LogP contribution < -0.4 is 0 Å². The maximum Gasteiger partial charge on any atom is 0.338 e. The van der Waals surface area contributed by atoms with E-state index in [0.29, 0.717) is 11.5 Å². The van der Waals surface area contributed by atoms with Gasteiger partial charge in [-0.2, -0.15) is 0 Å². The van der Waals surface area contributed by atoms with E-state index in [0.717, 1.165) is 17.4 Å². The SMILES string of the molecule is CCC(C)c1ccc(C(=O)OC(C)c2ccc3cc4cc5cc6ccccc6cc5cc4cc3c2)cc1. The molecule has 182 valence electrons. The van der Waals surface area contributed by atoms with Crippen molar-refractivity contribution in [3.05, 3.63) is 120 Å². The molecule has 6 aromatic carbocycles. The van der Waals surface area contributed by atoms with Crippen molar-refractivity contribution in [2.75, 3.05) is 0 Å². The summed E-state index contributed by atoms with van der Waals surface area (Å²) in [5.74, 6) is 0.190. The van der Waals surface area contributed by atoms with E-state index in [1.807, 2.05) is 31.2 Å². The second-order valence-electron chi connectivity index (χ2n) is 10.2. The van der Waals surface area contributed by atoms with Gasteiger partial charge in [0.2, 0.25) is 0 Å². The van der Waals surface area contributed by atoms with Crippen molar-refractivity contribution >= 4 is 49.1 Å². The Morgan fingerprint density at radius 2 is 1.05 bits per heavy atom. The smallest absolute Gasteiger partial charge is 0.338 e. The third-order valence-corrected chi connectivity index (χ3v) is 7.72. The molecule has 2 nitrogen and oxygen atoms in total. The maximum atomic E-state index is 12.8. The van der Waals surface area contributed by atoms with Gasteiger partial charge in [-0.05, 0) is 128 Å². The Bertz CT molecular complexity index is 1780. The molecule has 6 aromatic rings. The number of hydrogen-bond acceptors (Lipinski definition) is 2. The van der Waals surface area contributed by atoms with Crippen LogP contribution in [0.25, 0.3) is 43.1 Å². The first kappa shape index (κ1) is 23.2. The Morgan fingerprint density at radius 1 is 0.595 bits per heavy atom. The summed E-state index contributed by atoms with van der Waals surface area (Å²) in [5, 5.41) is 9.75. The molecule has 6 rings (SSSR count). The number of benzene rings is 6. The van der Waals surface area contributed by atoms with Crippen molar-refractivity contribution in [2.45, 2.75) is 39.2 Å². The lowest BCUT2D eigenvalue weighted by Gasteiger charge is -2.15. The Kier molecular flexibility index (Phi) is 5.88. The van der Waals surface area contributed by atoms with E-state index in [1.54, 1.807) is 0 Å². The van der Waals surface area contributed by atoms with Crippen LogP contribution in [0.4, 0.5) is 0 Å². The molecule has 0 spiro atoms. The van der Waals surface area contributed by atoms with Crippen LogP contribution in [0.3, 0.4) is 0 Å². The van der Waals surface area contributed by atoms with Crippen molar-refractivity contribution < 1.29 is 9.53 Å². The first-order valence-corrected chi connectivity index (χ1v) is 13.1. The number of carbonyl (C=O) groups is 1. The van der Waals surface area contributed by atoms with E-state index in [9.17, 15) is 4.79 Å². The van der Waals surface area contributed by atoms with Gasteiger partial charge in [-0.3, -0.25) is 0 Å². The van der Waals surface area contributed by atoms with Crippen LogP contribution in [0.15, 0.2) is 103 Å². The minimum Gasteiger partial charge on any atom is -0.454 e. The highest BCUT2D eigenvalue weighted by Crippen LogP contribution is 2.32. The van der Waals surface area contributed by atoms with Crippen LogP contribution in [0.1, 0.15) is 60.7 Å². The van der Waals surface area contributed by atoms with Crippen molar-refractivity contribution in [1.82, 2.24) is 0 Å². The van der Waals surface area contributed by atoms with E-state index >= 15 is 0 Å². The summed E-state index contributed by atoms with van der Waals surface area (Å²) in [4.78, 5) is 12.8. The average molecular weight is 483 g/mol. The van der Waals surface area contributed by atoms with Crippen molar-refractivity contribution in [3.63, 3.8) is 0 Å². The molecule has 0 N–H and O–H groups in total. The van der Waals surface area contributed by atoms with E-state index in [2.05, 4.69) is 92.7 Å². The highest BCUT2D eigenvalue weighted by atomic mass is 16.5. The zero-order valence-corrected chi connectivity index (χ0v) is 21.5. The monoisotopic (exact) mass is 482 g/mol. The molecule has 0 heterocycles. The Hall–Kier alpha value is -4.17. The fraction of sp³-hybridized carbons (Fsp3) is 0.171. The summed E-state index contributed by atoms with van der Waals surface area (Å²) in [6.45, 7) is 6.31. The van der Waals surface area contributed by atoms with E-state index in [1.165, 1.54) is 43.3 Å². The molecule has 2 unspecified atom stereocenters. The quantitative estimate of drug-likeness (QED) is 0.181. The van der Waals surface area contributed by atoms with Gasteiger partial charge in [0.1, 0.15) is 6.10 Å². The highest BCUT2D eigenvalue weighted by Gasteiger charge is 2.15. The molecule has 0 fully saturated rings. The first-order chi connectivity index (χ1) is 18.0. The number of carbonyl (C=O) groups excluding carboxylic acids is 1. The zero-order valence-electron chi connectivity index (χ0n) is 21.5. The van der Waals surface area contributed by atoms with Gasteiger partial charge in [0, 0.05) is 0 Å². The summed E-state index contributed by atoms with van der Waals surface area (Å²) in [7, 11) is 0. The lowest BCUT2D eigenvalue weighted by Crippen LogP contribution is -2.09. The van der Waals surface area contributed by atoms with Crippen LogP contribution in [-0.2, 0) is 4.74 Å². The maximum absolute atomic E-state index is 12.8. The van der Waals surface area contributed by atoms with Crippen LogP contribution >= 0.6 is 0 Å². The summed E-state index contributed by atoms with van der Waals surface area (Å²) in [6, 6.07) is 36.2. The lowest BCUT2D eigenvalue weighted by molar-refractivity contribution is 0.0338. The number of fused-ring (bicyclic) bond motifs is 4. The summed E-state index contributed by atoms with van der Waals surface area (Å²) >= 11 is 0. The molecule has 0 aromatic heterocycles. The van der Waals surface area contributed by atoms with E-state index in [-0.39, 0.29) is 12.1 Å². The van der Waals surface area contributed by atoms with Gasteiger partial charge in [-0.15, -0.1) is 0 Å². The molecule has 0 saturated carbocycles. The van der Waals surface area contributed by atoms with E-state index in [4.69, 9.17) is 4.74 Å². The van der Waals surface area contributed by atoms with Crippen LogP contribution in [0, 0.1) is 0 Å². The molecule has 2 heteroatoms. The third-order valence-electron chi connectivity index (χ3n) is 7.72. The Morgan fingerprint density at radius 3 is 1.59 bits per heavy atom. The second kappa shape index (κ2) is 9.37. The normalized spacial score (nSPS) is 13.3. The number of esters is 1. The molecule has 37 heavy (non-hydrogen) atoms. The molecule has 0 bridgehead atoms. The number of ether oxygens (including phenoxy) is 1. The van der Waals surface area contributed by atoms with Crippen LogP contribution in [0.2, 0.25) is 0 Å². The molecule has 0 amide bonds. The number of hydrogen-bond donors (Lipinski definition) is 0. The molecule has 0 saturated heterocycles. The van der Waals surface area contributed by atoms with Crippen LogP contribution in [0.5, 0.6) is 0 Å². The largest absolute Gasteiger partial charge is 0.454 e. The molecule has 0 radical (unpaired) electrons.